The van der Waals surface area contributed by atoms with Gasteiger partial charge in [-0.2, -0.15) is 0 Å². The fraction of sp³-hybridized carbons (Fsp3) is 0.473. The van der Waals surface area contributed by atoms with Crippen molar-refractivity contribution in [2.45, 2.75) is 89.4 Å². The molecule has 0 unspecified atom stereocenters. The van der Waals surface area contributed by atoms with E-state index in [1.54, 1.807) is 11.0 Å². The Balaban J connectivity index is 1.35. The van der Waals surface area contributed by atoms with Gasteiger partial charge in [0.25, 0.3) is 0 Å². The van der Waals surface area contributed by atoms with E-state index in [-0.39, 0.29) is 96.8 Å². The Bertz CT molecular complexity index is 2280. The van der Waals surface area contributed by atoms with Crippen molar-refractivity contribution in [1.82, 2.24) is 9.88 Å². The molecule has 3 N–H and O–H groups in total. The Morgan fingerprint density at radius 3 is 2.32 bits per heavy atom. The molecule has 2 heterocycles. The monoisotopic (exact) mass is 947 g/mol. The first kappa shape index (κ1) is 51.2. The first-order valence-corrected chi connectivity index (χ1v) is 24.4. The number of oxime groups is 1. The molecule has 370 valence electrons. The van der Waals surface area contributed by atoms with Crippen LogP contribution in [-0.2, 0) is 43.6 Å². The number of hydrogen-bond donors (Lipinski definition) is 3. The number of amides is 1. The maximum Gasteiger partial charge on any atom is 0.410 e. The van der Waals surface area contributed by atoms with Crippen LogP contribution in [0.5, 0.6) is 11.5 Å². The van der Waals surface area contributed by atoms with Crippen molar-refractivity contribution >= 4 is 11.8 Å². The van der Waals surface area contributed by atoms with Crippen LogP contribution in [0.25, 0.3) is 0 Å². The number of hydrogen-bond acceptors (Lipinski definition) is 13. The van der Waals surface area contributed by atoms with Crippen molar-refractivity contribution in [2.75, 3.05) is 59.4 Å². The summed E-state index contributed by atoms with van der Waals surface area (Å²) in [5, 5.41) is 34.6. The van der Waals surface area contributed by atoms with Gasteiger partial charge in [0.05, 0.1) is 57.0 Å². The van der Waals surface area contributed by atoms with Gasteiger partial charge < -0.3 is 48.6 Å². The van der Waals surface area contributed by atoms with E-state index in [2.05, 4.69) is 23.7 Å². The summed E-state index contributed by atoms with van der Waals surface area (Å²) in [6.07, 6.45) is 7.98. The second-order valence-corrected chi connectivity index (χ2v) is 17.8. The van der Waals surface area contributed by atoms with Gasteiger partial charge >= 0.3 is 6.09 Å². The van der Waals surface area contributed by atoms with Crippen molar-refractivity contribution in [3.63, 3.8) is 0 Å². The van der Waals surface area contributed by atoms with E-state index in [1.807, 2.05) is 97.9 Å². The van der Waals surface area contributed by atoms with Crippen molar-refractivity contribution in [1.29, 1.82) is 0 Å². The summed E-state index contributed by atoms with van der Waals surface area (Å²) in [6, 6.07) is 30.5. The lowest BCUT2D eigenvalue weighted by atomic mass is 9.55. The zero-order chi connectivity index (χ0) is 48.3. The number of ether oxygens (including phenoxy) is 6. The number of nitrogens with zero attached hydrogens (tertiary/aromatic N) is 3. The van der Waals surface area contributed by atoms with Crippen LogP contribution in [0.3, 0.4) is 0 Å². The van der Waals surface area contributed by atoms with Crippen molar-refractivity contribution in [2.24, 2.45) is 22.9 Å². The molecule has 1 saturated carbocycles. The average Bonchev–Trinajstić information content (AvgIpc) is 3.37. The summed E-state index contributed by atoms with van der Waals surface area (Å²) >= 11 is 0. The number of aliphatic hydroxyl groups is 3. The molecule has 1 aliphatic heterocycles. The zero-order valence-electron chi connectivity index (χ0n) is 39.9. The minimum absolute atomic E-state index is 0.00679. The lowest BCUT2D eigenvalue weighted by Gasteiger charge is -2.59. The van der Waals surface area contributed by atoms with Gasteiger partial charge in [0, 0.05) is 43.4 Å². The van der Waals surface area contributed by atoms with Gasteiger partial charge in [0.2, 0.25) is 5.79 Å². The van der Waals surface area contributed by atoms with Crippen LogP contribution < -0.4 is 9.47 Å². The standard InChI is InChI=1S/C55H69N3O11/c1-3-29-67-55-51(58(25-30-63-31-28-61)54(62)65-33-32-64-37-41-16-6-4-7-17-41)36-49(57-68-38-42-18-8-5-9-19-42)47-34-43(20-10-12-26-59)46(22-11-13-27-60)52(53(47)55)48-35-45(23-24-50(48)69-55)66-39-44-21-14-15-40(2)56-44/h3-9,14-19,21,23-24,34-35,43,46,51-53,59-61H,1,10-13,20,22,25-33,36-39H2,2H3/t43-,46+,51-,52+,53+,55+/m0/s1. The highest BCUT2D eigenvalue weighted by molar-refractivity contribution is 6.03. The summed E-state index contributed by atoms with van der Waals surface area (Å²) in [6.45, 7) is 7.31. The number of aliphatic hydroxyl groups excluding tert-OH is 3. The van der Waals surface area contributed by atoms with E-state index in [1.165, 1.54) is 0 Å². The van der Waals surface area contributed by atoms with Crippen LogP contribution in [0.1, 0.15) is 78.9 Å². The fourth-order valence-electron chi connectivity index (χ4n) is 10.1. The van der Waals surface area contributed by atoms with E-state index in [0.717, 1.165) is 59.3 Å². The van der Waals surface area contributed by atoms with Crippen LogP contribution in [0.2, 0.25) is 0 Å². The van der Waals surface area contributed by atoms with E-state index in [0.29, 0.717) is 36.7 Å². The Morgan fingerprint density at radius 2 is 1.59 bits per heavy atom. The molecule has 3 aliphatic rings. The molecule has 1 aromatic heterocycles. The largest absolute Gasteiger partial charge is 0.487 e. The second-order valence-electron chi connectivity index (χ2n) is 17.8. The second kappa shape index (κ2) is 26.4. The first-order chi connectivity index (χ1) is 33.9. The Hall–Kier alpha value is -5.61. The van der Waals surface area contributed by atoms with E-state index < -0.39 is 23.8 Å². The lowest BCUT2D eigenvalue weighted by Crippen LogP contribution is -2.70. The van der Waals surface area contributed by atoms with E-state index in [4.69, 9.17) is 38.4 Å². The molecule has 3 aromatic carbocycles. The predicted octanol–water partition coefficient (Wildman–Crippen LogP) is 8.47. The van der Waals surface area contributed by atoms with Crippen LogP contribution in [0.4, 0.5) is 4.79 Å². The lowest BCUT2D eigenvalue weighted by molar-refractivity contribution is -0.256. The highest BCUT2D eigenvalue weighted by atomic mass is 16.7. The van der Waals surface area contributed by atoms with Crippen LogP contribution in [0, 0.1) is 24.7 Å². The van der Waals surface area contributed by atoms with Gasteiger partial charge in [0.1, 0.15) is 37.4 Å². The summed E-state index contributed by atoms with van der Waals surface area (Å²) < 4.78 is 38.8. The summed E-state index contributed by atoms with van der Waals surface area (Å²) in [7, 11) is 0. The van der Waals surface area contributed by atoms with Gasteiger partial charge in [-0.05, 0) is 91.5 Å². The molecule has 14 nitrogen and oxygen atoms in total. The number of pyridine rings is 1. The van der Waals surface area contributed by atoms with Crippen LogP contribution in [0.15, 0.2) is 127 Å². The third kappa shape index (κ3) is 13.4. The number of aromatic nitrogens is 1. The molecule has 0 bridgehead atoms. The number of unbranched alkanes of at least 4 members (excludes halogenated alkanes) is 2. The van der Waals surface area contributed by atoms with Crippen LogP contribution in [-0.4, -0.2) is 108 Å². The van der Waals surface area contributed by atoms with E-state index >= 15 is 0 Å². The molecule has 0 saturated heterocycles. The topological polar surface area (TPSA) is 171 Å². The zero-order valence-corrected chi connectivity index (χ0v) is 39.9. The van der Waals surface area contributed by atoms with Gasteiger partial charge in [-0.1, -0.05) is 96.9 Å². The van der Waals surface area contributed by atoms with Gasteiger partial charge in [-0.25, -0.2) is 4.79 Å². The highest BCUT2D eigenvalue weighted by Crippen LogP contribution is 2.62. The Morgan fingerprint density at radius 1 is 0.841 bits per heavy atom. The van der Waals surface area contributed by atoms with Gasteiger partial charge in [0.15, 0.2) is 0 Å². The minimum Gasteiger partial charge on any atom is -0.487 e. The molecule has 7 rings (SSSR count). The molecule has 1 fully saturated rings. The van der Waals surface area contributed by atoms with Crippen LogP contribution >= 0.6 is 0 Å². The number of carbonyl (C=O) groups excluding carboxylic acids is 1. The number of benzene rings is 3. The molecule has 0 radical (unpaired) electrons. The van der Waals surface area contributed by atoms with E-state index in [9.17, 15) is 20.1 Å². The first-order valence-electron chi connectivity index (χ1n) is 24.4. The molecule has 4 aromatic rings. The highest BCUT2D eigenvalue weighted by Gasteiger charge is 2.65. The third-order valence-electron chi connectivity index (χ3n) is 13.1. The summed E-state index contributed by atoms with van der Waals surface area (Å²) in [4.78, 5) is 27.3. The SMILES string of the molecule is C=CCO[C@@]12Oc3ccc(OCc4cccc(C)n4)cc3[C@H]3[C@H](CCCCO)[C@@H](CCCCO)C=C(C(=NOCc4ccccc4)C[C@@H]1N(CCOCCO)C(=O)OCCOCc1ccccc1)[C@H]32. The summed E-state index contributed by atoms with van der Waals surface area (Å²) in [5.41, 5.74) is 6.14. The number of rotatable bonds is 28. The molecule has 14 heteroatoms. The summed E-state index contributed by atoms with van der Waals surface area (Å²) in [5.74, 6) is -1.05. The molecular formula is C55H69N3O11. The number of carbonyl (C=O) groups is 1. The maximum absolute atomic E-state index is 14.8. The van der Waals surface area contributed by atoms with Crippen molar-refractivity contribution in [3.05, 3.63) is 149 Å². The third-order valence-corrected chi connectivity index (χ3v) is 13.1. The quantitative estimate of drug-likeness (QED) is 0.0282. The molecule has 69 heavy (non-hydrogen) atoms. The van der Waals surface area contributed by atoms with Gasteiger partial charge in [-0.3, -0.25) is 9.88 Å². The Labute approximate surface area is 406 Å². The Kier molecular flexibility index (Phi) is 19.6. The maximum atomic E-state index is 14.8. The average molecular weight is 948 g/mol. The molecular weight excluding hydrogens is 879 g/mol. The number of aryl methyl sites for hydroxylation is 1. The molecule has 0 spiro atoms. The minimum atomic E-state index is -1.52. The van der Waals surface area contributed by atoms with Gasteiger partial charge in [-0.15, -0.1) is 6.58 Å². The van der Waals surface area contributed by atoms with Crippen molar-refractivity contribution < 1.29 is 53.4 Å². The van der Waals surface area contributed by atoms with Crippen molar-refractivity contribution in [3.8, 4) is 11.5 Å². The normalized spacial score (nSPS) is 21.9. The predicted molar refractivity (Wildman–Crippen MR) is 262 cm³/mol. The number of fused-ring (bicyclic) bond motifs is 2. The molecule has 1 amide bonds. The fourth-order valence-corrected chi connectivity index (χ4v) is 10.1. The number of allylic oxidation sites excluding steroid dienone is 1. The molecule has 6 atom stereocenters. The molecule has 2 aliphatic carbocycles. The smallest absolute Gasteiger partial charge is 0.410 e.